The maximum Gasteiger partial charge on any atom is 0.00633 e. The van der Waals surface area contributed by atoms with E-state index in [-0.39, 0.29) is 0 Å². The van der Waals surface area contributed by atoms with E-state index >= 15 is 0 Å². The zero-order chi connectivity index (χ0) is 11.0. The summed E-state index contributed by atoms with van der Waals surface area (Å²) in [7, 11) is 4.35. The Hall–Kier alpha value is -0.0400. The summed E-state index contributed by atoms with van der Waals surface area (Å²) in [6, 6.07) is 0.733. The molecule has 2 unspecified atom stereocenters. The van der Waals surface area contributed by atoms with Crippen molar-refractivity contribution in [1.82, 2.24) is 4.90 Å². The molecule has 0 radical (unpaired) electrons. The van der Waals surface area contributed by atoms with Crippen LogP contribution in [0.3, 0.4) is 0 Å². The van der Waals surface area contributed by atoms with Crippen molar-refractivity contribution in [3.05, 3.63) is 0 Å². The Labute approximate surface area is 90.9 Å². The van der Waals surface area contributed by atoms with E-state index in [1.165, 1.54) is 38.5 Å². The fraction of sp³-hybridized carbons (Fsp3) is 1.00. The zero-order valence-electron chi connectivity index (χ0n) is 10.8. The first-order chi connectivity index (χ1) is 6.57. The molecule has 0 aromatic heterocycles. The summed E-state index contributed by atoms with van der Waals surface area (Å²) in [5.74, 6) is 0.893. The molecule has 0 fully saturated rings. The highest BCUT2D eigenvalue weighted by Crippen LogP contribution is 2.16. The van der Waals surface area contributed by atoms with Crippen LogP contribution in [0, 0.1) is 5.92 Å². The van der Waals surface area contributed by atoms with Crippen molar-refractivity contribution < 1.29 is 0 Å². The van der Waals surface area contributed by atoms with Gasteiger partial charge in [0.05, 0.1) is 0 Å². The Morgan fingerprint density at radius 2 is 1.64 bits per heavy atom. The summed E-state index contributed by atoms with van der Waals surface area (Å²) in [6.07, 6.45) is 8.38. The Balaban J connectivity index is 3.40. The van der Waals surface area contributed by atoms with Crippen LogP contribution in [-0.2, 0) is 0 Å². The third-order valence-electron chi connectivity index (χ3n) is 3.18. The molecule has 1 nitrogen and oxygen atoms in total. The molecule has 86 valence electrons. The molecule has 14 heavy (non-hydrogen) atoms. The van der Waals surface area contributed by atoms with Gasteiger partial charge in [-0.1, -0.05) is 46.0 Å². The van der Waals surface area contributed by atoms with Crippen molar-refractivity contribution in [1.29, 1.82) is 0 Å². The zero-order valence-corrected chi connectivity index (χ0v) is 10.8. The van der Waals surface area contributed by atoms with Crippen LogP contribution < -0.4 is 0 Å². The first-order valence-electron chi connectivity index (χ1n) is 6.24. The Bertz CT molecular complexity index is 120. The molecule has 0 rings (SSSR count). The molecule has 0 aromatic carbocycles. The molecule has 0 saturated heterocycles. The Morgan fingerprint density at radius 3 is 2.14 bits per heavy atom. The van der Waals surface area contributed by atoms with E-state index in [0.717, 1.165) is 12.0 Å². The van der Waals surface area contributed by atoms with Crippen LogP contribution in [0.2, 0.25) is 0 Å². The van der Waals surface area contributed by atoms with Crippen molar-refractivity contribution in [2.45, 2.75) is 65.3 Å². The van der Waals surface area contributed by atoms with Gasteiger partial charge in [0, 0.05) is 6.04 Å². The van der Waals surface area contributed by atoms with Crippen LogP contribution in [0.1, 0.15) is 59.3 Å². The van der Waals surface area contributed by atoms with Crippen LogP contribution in [-0.4, -0.2) is 25.0 Å². The molecule has 0 aliphatic carbocycles. The molecular weight excluding hydrogens is 170 g/mol. The predicted molar refractivity (Wildman–Crippen MR) is 65.7 cm³/mol. The van der Waals surface area contributed by atoms with Crippen molar-refractivity contribution in [2.75, 3.05) is 14.1 Å². The van der Waals surface area contributed by atoms with Crippen molar-refractivity contribution in [2.24, 2.45) is 5.92 Å². The molecule has 0 aliphatic heterocycles. The summed E-state index contributed by atoms with van der Waals surface area (Å²) in [4.78, 5) is 2.32. The van der Waals surface area contributed by atoms with E-state index in [0.29, 0.717) is 0 Å². The third-order valence-corrected chi connectivity index (χ3v) is 3.18. The molecule has 1 heteroatoms. The van der Waals surface area contributed by atoms with Crippen LogP contribution >= 0.6 is 0 Å². The quantitative estimate of drug-likeness (QED) is 0.535. The van der Waals surface area contributed by atoms with Crippen LogP contribution in [0.4, 0.5) is 0 Å². The lowest BCUT2D eigenvalue weighted by Gasteiger charge is -2.23. The molecule has 0 amide bonds. The molecule has 0 aliphatic rings. The van der Waals surface area contributed by atoms with Gasteiger partial charge in [-0.15, -0.1) is 0 Å². The van der Waals surface area contributed by atoms with Gasteiger partial charge in [-0.3, -0.25) is 0 Å². The highest BCUT2D eigenvalue weighted by molar-refractivity contribution is 4.64. The minimum Gasteiger partial charge on any atom is -0.307 e. The fourth-order valence-electron chi connectivity index (χ4n) is 1.83. The Kier molecular flexibility index (Phi) is 8.26. The van der Waals surface area contributed by atoms with Gasteiger partial charge in [-0.2, -0.15) is 0 Å². The minimum atomic E-state index is 0.733. The number of rotatable bonds is 8. The number of hydrogen-bond acceptors (Lipinski definition) is 1. The first kappa shape index (κ1) is 14.0. The van der Waals surface area contributed by atoms with E-state index in [1.54, 1.807) is 0 Å². The summed E-state index contributed by atoms with van der Waals surface area (Å²) in [5.41, 5.74) is 0. The third kappa shape index (κ3) is 7.37. The van der Waals surface area contributed by atoms with Gasteiger partial charge in [0.2, 0.25) is 0 Å². The van der Waals surface area contributed by atoms with E-state index in [9.17, 15) is 0 Å². The lowest BCUT2D eigenvalue weighted by atomic mass is 9.96. The molecule has 0 heterocycles. The van der Waals surface area contributed by atoms with Crippen molar-refractivity contribution in [3.8, 4) is 0 Å². The second-order valence-electron chi connectivity index (χ2n) is 5.00. The highest BCUT2D eigenvalue weighted by atomic mass is 15.1. The standard InChI is InChI=1S/C13H29N/c1-6-7-8-9-10-12(2)11-13(3)14(4)5/h12-13H,6-11H2,1-5H3. The molecule has 0 aromatic rings. The molecule has 2 atom stereocenters. The lowest BCUT2D eigenvalue weighted by Crippen LogP contribution is -2.26. The smallest absolute Gasteiger partial charge is 0.00633 e. The fourth-order valence-corrected chi connectivity index (χ4v) is 1.83. The summed E-state index contributed by atoms with van der Waals surface area (Å²) < 4.78 is 0. The first-order valence-corrected chi connectivity index (χ1v) is 6.24. The average Bonchev–Trinajstić information content (AvgIpc) is 2.12. The molecular formula is C13H29N. The average molecular weight is 199 g/mol. The molecule has 0 bridgehead atoms. The topological polar surface area (TPSA) is 3.24 Å². The largest absolute Gasteiger partial charge is 0.307 e. The monoisotopic (exact) mass is 199 g/mol. The van der Waals surface area contributed by atoms with E-state index in [2.05, 4.69) is 39.8 Å². The van der Waals surface area contributed by atoms with Crippen molar-refractivity contribution in [3.63, 3.8) is 0 Å². The SMILES string of the molecule is CCCCCCC(C)CC(C)N(C)C. The van der Waals surface area contributed by atoms with E-state index in [4.69, 9.17) is 0 Å². The highest BCUT2D eigenvalue weighted by Gasteiger charge is 2.09. The minimum absolute atomic E-state index is 0.733. The van der Waals surface area contributed by atoms with Gasteiger partial charge in [0.15, 0.2) is 0 Å². The van der Waals surface area contributed by atoms with E-state index < -0.39 is 0 Å². The summed E-state index contributed by atoms with van der Waals surface area (Å²) in [6.45, 7) is 6.99. The number of unbranched alkanes of at least 4 members (excludes halogenated alkanes) is 3. The van der Waals surface area contributed by atoms with Crippen LogP contribution in [0.5, 0.6) is 0 Å². The van der Waals surface area contributed by atoms with Gasteiger partial charge in [0.25, 0.3) is 0 Å². The van der Waals surface area contributed by atoms with Crippen LogP contribution in [0.15, 0.2) is 0 Å². The molecule has 0 saturated carbocycles. The van der Waals surface area contributed by atoms with Gasteiger partial charge in [-0.05, 0) is 33.4 Å². The second kappa shape index (κ2) is 8.28. The van der Waals surface area contributed by atoms with Crippen molar-refractivity contribution >= 4 is 0 Å². The van der Waals surface area contributed by atoms with Gasteiger partial charge in [-0.25, -0.2) is 0 Å². The molecule has 0 spiro atoms. The van der Waals surface area contributed by atoms with Gasteiger partial charge in [0.1, 0.15) is 0 Å². The normalized spacial score (nSPS) is 15.9. The number of nitrogens with zero attached hydrogens (tertiary/aromatic N) is 1. The van der Waals surface area contributed by atoms with Gasteiger partial charge < -0.3 is 4.90 Å². The number of hydrogen-bond donors (Lipinski definition) is 0. The second-order valence-corrected chi connectivity index (χ2v) is 5.00. The summed E-state index contributed by atoms with van der Waals surface area (Å²) >= 11 is 0. The summed E-state index contributed by atoms with van der Waals surface area (Å²) in [5, 5.41) is 0. The molecule has 0 N–H and O–H groups in total. The maximum atomic E-state index is 2.39. The van der Waals surface area contributed by atoms with Crippen LogP contribution in [0.25, 0.3) is 0 Å². The van der Waals surface area contributed by atoms with E-state index in [1.807, 2.05) is 0 Å². The van der Waals surface area contributed by atoms with Gasteiger partial charge >= 0.3 is 0 Å². The lowest BCUT2D eigenvalue weighted by molar-refractivity contribution is 0.260. The predicted octanol–water partition coefficient (Wildman–Crippen LogP) is 3.93. The Morgan fingerprint density at radius 1 is 1.00 bits per heavy atom. The maximum absolute atomic E-state index is 2.39.